The van der Waals surface area contributed by atoms with Crippen LogP contribution in [0.4, 0.5) is 14.5 Å². The molecule has 180 valence electrons. The first-order valence-corrected chi connectivity index (χ1v) is 12.0. The Morgan fingerprint density at radius 3 is 2.24 bits per heavy atom. The van der Waals surface area contributed by atoms with Crippen LogP contribution in [0.2, 0.25) is 0 Å². The lowest BCUT2D eigenvalue weighted by Crippen LogP contribution is -2.51. The van der Waals surface area contributed by atoms with Crippen LogP contribution in [0.15, 0.2) is 42.5 Å². The topological polar surface area (TPSA) is 96.0 Å². The van der Waals surface area contributed by atoms with E-state index in [0.29, 0.717) is 28.2 Å². The molecule has 0 spiro atoms. The molecule has 2 aromatic carbocycles. The summed E-state index contributed by atoms with van der Waals surface area (Å²) >= 11 is 0. The lowest BCUT2D eigenvalue weighted by atomic mass is 10.1. The van der Waals surface area contributed by atoms with Crippen molar-refractivity contribution in [2.45, 2.75) is 26.4 Å². The molecule has 0 radical (unpaired) electrons. The molecule has 1 atom stereocenters. The summed E-state index contributed by atoms with van der Waals surface area (Å²) in [5.74, 6) is -2.91. The molecule has 0 heterocycles. The minimum absolute atomic E-state index is 0.0104. The number of hydrogen-bond acceptors (Lipinski definition) is 5. The molecule has 0 saturated carbocycles. The molecule has 33 heavy (non-hydrogen) atoms. The van der Waals surface area contributed by atoms with E-state index in [4.69, 9.17) is 4.74 Å². The summed E-state index contributed by atoms with van der Waals surface area (Å²) < 4.78 is 57.6. The highest BCUT2D eigenvalue weighted by Crippen LogP contribution is 2.22. The Morgan fingerprint density at radius 1 is 1.09 bits per heavy atom. The minimum Gasteiger partial charge on any atom is -0.497 e. The van der Waals surface area contributed by atoms with Crippen LogP contribution >= 0.6 is 0 Å². The quantitative estimate of drug-likeness (QED) is 0.560. The molecule has 0 aliphatic heterocycles. The molecule has 0 saturated heterocycles. The van der Waals surface area contributed by atoms with Crippen molar-refractivity contribution in [3.8, 4) is 5.75 Å². The average Bonchev–Trinajstić information content (AvgIpc) is 2.77. The molecule has 2 rings (SSSR count). The summed E-state index contributed by atoms with van der Waals surface area (Å²) in [4.78, 5) is 26.9. The van der Waals surface area contributed by atoms with Gasteiger partial charge in [-0.2, -0.15) is 0 Å². The summed E-state index contributed by atoms with van der Waals surface area (Å²) in [6.45, 7) is 2.90. The fourth-order valence-electron chi connectivity index (χ4n) is 3.09. The van der Waals surface area contributed by atoms with Crippen LogP contribution in [0, 0.1) is 11.6 Å². The van der Waals surface area contributed by atoms with Crippen LogP contribution in [-0.4, -0.2) is 57.6 Å². The third-order valence-corrected chi connectivity index (χ3v) is 6.04. The highest BCUT2D eigenvalue weighted by Gasteiger charge is 2.30. The molecule has 1 N–H and O–H groups in total. The number of amides is 2. The Hall–Kier alpha value is -3.21. The number of benzene rings is 2. The van der Waals surface area contributed by atoms with E-state index >= 15 is 0 Å². The van der Waals surface area contributed by atoms with Gasteiger partial charge in [-0.25, -0.2) is 17.2 Å². The number of hydrogen-bond donors (Lipinski definition) is 1. The third-order valence-electron chi connectivity index (χ3n) is 4.90. The molecule has 0 unspecified atom stereocenters. The number of sulfonamides is 1. The van der Waals surface area contributed by atoms with Crippen molar-refractivity contribution in [3.05, 3.63) is 59.7 Å². The molecular weight excluding hydrogens is 456 g/mol. The maximum absolute atomic E-state index is 13.7. The Bertz CT molecular complexity index is 1090. The first-order valence-electron chi connectivity index (χ1n) is 10.1. The van der Waals surface area contributed by atoms with Gasteiger partial charge in [0.05, 0.1) is 19.1 Å². The van der Waals surface area contributed by atoms with E-state index in [9.17, 15) is 26.8 Å². The van der Waals surface area contributed by atoms with Gasteiger partial charge in [0, 0.05) is 19.2 Å². The number of ether oxygens (including phenoxy) is 1. The fourth-order valence-corrected chi connectivity index (χ4v) is 3.93. The zero-order valence-corrected chi connectivity index (χ0v) is 19.7. The van der Waals surface area contributed by atoms with Crippen LogP contribution in [0.1, 0.15) is 19.4 Å². The van der Waals surface area contributed by atoms with Gasteiger partial charge in [0.2, 0.25) is 21.8 Å². The SMILES string of the molecule is CCNC(=O)[C@H](C)N(Cc1ccc(OC)cc1)C(=O)CN(c1ccc(F)c(F)c1)S(C)(=O)=O. The van der Waals surface area contributed by atoms with Gasteiger partial charge < -0.3 is 15.0 Å². The standard InChI is InChI=1S/C22H27F2N3O5S/c1-5-25-22(29)15(2)26(13-16-6-9-18(32-3)10-7-16)21(28)14-27(33(4,30)31)17-8-11-19(23)20(24)12-17/h6-12,15H,5,13-14H2,1-4H3,(H,25,29)/t15-/m0/s1. The van der Waals surface area contributed by atoms with E-state index in [2.05, 4.69) is 5.32 Å². The van der Waals surface area contributed by atoms with Crippen molar-refractivity contribution in [2.75, 3.05) is 30.8 Å². The highest BCUT2D eigenvalue weighted by atomic mass is 32.2. The van der Waals surface area contributed by atoms with Gasteiger partial charge in [0.15, 0.2) is 11.6 Å². The van der Waals surface area contributed by atoms with Gasteiger partial charge in [0.1, 0.15) is 18.3 Å². The molecule has 11 heteroatoms. The van der Waals surface area contributed by atoms with Crippen molar-refractivity contribution in [1.29, 1.82) is 0 Å². The fraction of sp³-hybridized carbons (Fsp3) is 0.364. The van der Waals surface area contributed by atoms with Crippen LogP contribution in [-0.2, 0) is 26.2 Å². The number of rotatable bonds is 10. The predicted molar refractivity (Wildman–Crippen MR) is 120 cm³/mol. The Kier molecular flexibility index (Phi) is 8.75. The molecular formula is C22H27F2N3O5S. The normalized spacial score (nSPS) is 12.1. The second-order valence-corrected chi connectivity index (χ2v) is 9.22. The summed E-state index contributed by atoms with van der Waals surface area (Å²) in [5, 5.41) is 2.64. The third kappa shape index (κ3) is 6.88. The smallest absolute Gasteiger partial charge is 0.244 e. The molecule has 0 bridgehead atoms. The van der Waals surface area contributed by atoms with E-state index < -0.39 is 46.1 Å². The second-order valence-electron chi connectivity index (χ2n) is 7.31. The minimum atomic E-state index is -4.03. The van der Waals surface area contributed by atoms with Gasteiger partial charge in [-0.15, -0.1) is 0 Å². The molecule has 2 amide bonds. The van der Waals surface area contributed by atoms with Crippen LogP contribution in [0.3, 0.4) is 0 Å². The summed E-state index contributed by atoms with van der Waals surface area (Å²) in [5.41, 5.74) is 0.471. The van der Waals surface area contributed by atoms with E-state index in [1.165, 1.54) is 18.9 Å². The van der Waals surface area contributed by atoms with Gasteiger partial charge in [0.25, 0.3) is 0 Å². The van der Waals surface area contributed by atoms with E-state index in [1.807, 2.05) is 0 Å². The Labute approximate surface area is 192 Å². The zero-order chi connectivity index (χ0) is 24.8. The molecule has 2 aromatic rings. The number of anilines is 1. The number of carbonyl (C=O) groups excluding carboxylic acids is 2. The van der Waals surface area contributed by atoms with Crippen molar-refractivity contribution in [3.63, 3.8) is 0 Å². The number of methoxy groups -OCH3 is 1. The van der Waals surface area contributed by atoms with Crippen molar-refractivity contribution < 1.29 is 31.5 Å². The van der Waals surface area contributed by atoms with Gasteiger partial charge >= 0.3 is 0 Å². The van der Waals surface area contributed by atoms with Crippen LogP contribution in [0.5, 0.6) is 5.75 Å². The van der Waals surface area contributed by atoms with E-state index in [0.717, 1.165) is 18.4 Å². The molecule has 0 aromatic heterocycles. The Morgan fingerprint density at radius 2 is 1.73 bits per heavy atom. The number of carbonyl (C=O) groups is 2. The lowest BCUT2D eigenvalue weighted by molar-refractivity contribution is -0.139. The van der Waals surface area contributed by atoms with Crippen molar-refractivity contribution >= 4 is 27.5 Å². The van der Waals surface area contributed by atoms with Crippen LogP contribution in [0.25, 0.3) is 0 Å². The van der Waals surface area contributed by atoms with Gasteiger partial charge in [-0.1, -0.05) is 12.1 Å². The molecule has 0 aliphatic carbocycles. The maximum atomic E-state index is 13.7. The van der Waals surface area contributed by atoms with E-state index in [-0.39, 0.29) is 12.2 Å². The maximum Gasteiger partial charge on any atom is 0.244 e. The molecule has 8 nitrogen and oxygen atoms in total. The summed E-state index contributed by atoms with van der Waals surface area (Å²) in [6, 6.07) is 8.43. The molecule has 0 fully saturated rings. The van der Waals surface area contributed by atoms with E-state index in [1.54, 1.807) is 31.2 Å². The number of likely N-dealkylation sites (N-methyl/N-ethyl adjacent to an activating group) is 1. The first kappa shape index (κ1) is 26.0. The largest absolute Gasteiger partial charge is 0.497 e. The summed E-state index contributed by atoms with van der Waals surface area (Å²) in [7, 11) is -2.52. The number of halogens is 2. The van der Waals surface area contributed by atoms with Crippen molar-refractivity contribution in [2.24, 2.45) is 0 Å². The first-order chi connectivity index (χ1) is 15.5. The number of nitrogens with one attached hydrogen (secondary N) is 1. The summed E-state index contributed by atoms with van der Waals surface area (Å²) in [6.07, 6.45) is 0.850. The lowest BCUT2D eigenvalue weighted by Gasteiger charge is -2.31. The van der Waals surface area contributed by atoms with Crippen LogP contribution < -0.4 is 14.4 Å². The zero-order valence-electron chi connectivity index (χ0n) is 18.8. The Balaban J connectivity index is 2.39. The second kappa shape index (κ2) is 11.1. The molecule has 0 aliphatic rings. The van der Waals surface area contributed by atoms with Gasteiger partial charge in [-0.3, -0.25) is 13.9 Å². The van der Waals surface area contributed by atoms with Crippen molar-refractivity contribution in [1.82, 2.24) is 10.2 Å². The predicted octanol–water partition coefficient (Wildman–Crippen LogP) is 2.29. The average molecular weight is 484 g/mol. The monoisotopic (exact) mass is 483 g/mol. The highest BCUT2D eigenvalue weighted by molar-refractivity contribution is 7.92. The number of nitrogens with zero attached hydrogens (tertiary/aromatic N) is 2. The van der Waals surface area contributed by atoms with Gasteiger partial charge in [-0.05, 0) is 43.7 Å².